The highest BCUT2D eigenvalue weighted by Gasteiger charge is 2.17. The summed E-state index contributed by atoms with van der Waals surface area (Å²) in [6.07, 6.45) is 3.32. The Balaban J connectivity index is 1.95. The molecule has 0 saturated carbocycles. The average Bonchev–Trinajstić information content (AvgIpc) is 3.13. The van der Waals surface area contributed by atoms with Gasteiger partial charge < -0.3 is 4.74 Å². The van der Waals surface area contributed by atoms with Crippen LogP contribution >= 0.6 is 0 Å². The van der Waals surface area contributed by atoms with Crippen LogP contribution in [0.25, 0.3) is 28.4 Å². The fourth-order valence-corrected chi connectivity index (χ4v) is 2.63. The fourth-order valence-electron chi connectivity index (χ4n) is 2.63. The van der Waals surface area contributed by atoms with Crippen LogP contribution in [0.1, 0.15) is 17.4 Å². The molecule has 0 aliphatic rings. The van der Waals surface area contributed by atoms with Crippen molar-refractivity contribution in [3.05, 3.63) is 66.6 Å². The van der Waals surface area contributed by atoms with Crippen molar-refractivity contribution in [2.45, 2.75) is 6.92 Å². The predicted octanol–water partition coefficient (Wildman–Crippen LogP) is 3.03. The molecule has 4 rings (SSSR count). The normalized spacial score (nSPS) is 10.8. The Morgan fingerprint density at radius 1 is 1.08 bits per heavy atom. The summed E-state index contributed by atoms with van der Waals surface area (Å²) >= 11 is 0. The zero-order valence-corrected chi connectivity index (χ0v) is 14.0. The van der Waals surface area contributed by atoms with Crippen LogP contribution in [0.4, 0.5) is 0 Å². The number of hydrogen-bond donors (Lipinski definition) is 0. The molecule has 0 fully saturated rings. The molecule has 0 saturated heterocycles. The molecule has 4 aromatic rings. The van der Waals surface area contributed by atoms with Gasteiger partial charge in [0.15, 0.2) is 17.2 Å². The van der Waals surface area contributed by atoms with Crippen molar-refractivity contribution in [2.75, 3.05) is 6.61 Å². The minimum absolute atomic E-state index is 0.196. The molecule has 1 aromatic carbocycles. The van der Waals surface area contributed by atoms with Gasteiger partial charge in [0.1, 0.15) is 5.69 Å². The van der Waals surface area contributed by atoms with E-state index >= 15 is 0 Å². The third-order valence-electron chi connectivity index (χ3n) is 3.78. The van der Waals surface area contributed by atoms with Gasteiger partial charge in [-0.25, -0.2) is 24.3 Å². The molecule has 26 heavy (non-hydrogen) atoms. The monoisotopic (exact) mass is 345 g/mol. The van der Waals surface area contributed by atoms with E-state index in [0.717, 1.165) is 11.3 Å². The second-order valence-corrected chi connectivity index (χ2v) is 5.49. The van der Waals surface area contributed by atoms with E-state index in [1.54, 1.807) is 36.0 Å². The highest BCUT2D eigenvalue weighted by Crippen LogP contribution is 2.24. The van der Waals surface area contributed by atoms with Gasteiger partial charge in [-0.05, 0) is 19.1 Å². The van der Waals surface area contributed by atoms with Gasteiger partial charge in [0.25, 0.3) is 0 Å². The molecular weight excluding hydrogens is 330 g/mol. The quantitative estimate of drug-likeness (QED) is 0.529. The summed E-state index contributed by atoms with van der Waals surface area (Å²) in [5.41, 5.74) is 3.06. The number of nitrogens with zero attached hydrogens (tertiary/aromatic N) is 5. The molecule has 0 aliphatic heterocycles. The first-order valence-electron chi connectivity index (χ1n) is 8.17. The maximum Gasteiger partial charge on any atom is 0.358 e. The summed E-state index contributed by atoms with van der Waals surface area (Å²) in [6.45, 7) is 2.03. The van der Waals surface area contributed by atoms with Crippen LogP contribution < -0.4 is 0 Å². The van der Waals surface area contributed by atoms with Gasteiger partial charge in [0.2, 0.25) is 0 Å². The number of ether oxygens (including phenoxy) is 1. The first kappa shape index (κ1) is 15.9. The standard InChI is InChI=1S/C19H15N5O2/c1-2-26-19(25)15-12-17-22-14(13-7-4-3-5-8-13)11-16(24(17)23-15)18-20-9-6-10-21-18/h3-12H,2H2,1H3. The number of carbonyl (C=O) groups is 1. The van der Waals surface area contributed by atoms with Crippen LogP contribution in [0.3, 0.4) is 0 Å². The summed E-state index contributed by atoms with van der Waals surface area (Å²) in [6, 6.07) is 15.0. The lowest BCUT2D eigenvalue weighted by atomic mass is 10.1. The molecular formula is C19H15N5O2. The van der Waals surface area contributed by atoms with Crippen molar-refractivity contribution >= 4 is 11.6 Å². The molecule has 0 amide bonds. The Hall–Kier alpha value is -3.61. The highest BCUT2D eigenvalue weighted by atomic mass is 16.5. The number of fused-ring (bicyclic) bond motifs is 1. The van der Waals surface area contributed by atoms with E-state index < -0.39 is 5.97 Å². The summed E-state index contributed by atoms with van der Waals surface area (Å²) in [4.78, 5) is 25.3. The maximum atomic E-state index is 12.1. The SMILES string of the molecule is CCOC(=O)c1cc2nc(-c3ccccc3)cc(-c3ncccn3)n2n1. The topological polar surface area (TPSA) is 82.3 Å². The van der Waals surface area contributed by atoms with Crippen LogP contribution in [0.2, 0.25) is 0 Å². The molecule has 0 bridgehead atoms. The zero-order chi connectivity index (χ0) is 17.9. The van der Waals surface area contributed by atoms with Gasteiger partial charge >= 0.3 is 5.97 Å². The Morgan fingerprint density at radius 3 is 2.58 bits per heavy atom. The molecule has 128 valence electrons. The lowest BCUT2D eigenvalue weighted by Crippen LogP contribution is -2.06. The van der Waals surface area contributed by atoms with Crippen LogP contribution in [0.5, 0.6) is 0 Å². The predicted molar refractivity (Wildman–Crippen MR) is 95.4 cm³/mol. The van der Waals surface area contributed by atoms with Gasteiger partial charge in [-0.15, -0.1) is 0 Å². The molecule has 0 unspecified atom stereocenters. The molecule has 3 aromatic heterocycles. The smallest absolute Gasteiger partial charge is 0.358 e. The Labute approximate surface area is 149 Å². The lowest BCUT2D eigenvalue weighted by Gasteiger charge is -2.07. The second kappa shape index (κ2) is 6.72. The van der Waals surface area contributed by atoms with Gasteiger partial charge in [0.05, 0.1) is 12.3 Å². The van der Waals surface area contributed by atoms with E-state index in [4.69, 9.17) is 4.74 Å². The third-order valence-corrected chi connectivity index (χ3v) is 3.78. The van der Waals surface area contributed by atoms with Crippen molar-refractivity contribution < 1.29 is 9.53 Å². The van der Waals surface area contributed by atoms with Crippen LogP contribution in [0.15, 0.2) is 60.9 Å². The Kier molecular flexibility index (Phi) is 4.10. The minimum atomic E-state index is -0.487. The fraction of sp³-hybridized carbons (Fsp3) is 0.105. The lowest BCUT2D eigenvalue weighted by molar-refractivity contribution is 0.0519. The largest absolute Gasteiger partial charge is 0.461 e. The number of carbonyl (C=O) groups excluding carboxylic acids is 1. The molecule has 7 nitrogen and oxygen atoms in total. The molecule has 0 aliphatic carbocycles. The van der Waals surface area contributed by atoms with Gasteiger partial charge in [-0.3, -0.25) is 0 Å². The molecule has 0 N–H and O–H groups in total. The van der Waals surface area contributed by atoms with Crippen molar-refractivity contribution in [3.63, 3.8) is 0 Å². The first-order valence-corrected chi connectivity index (χ1v) is 8.17. The van der Waals surface area contributed by atoms with Crippen molar-refractivity contribution in [1.82, 2.24) is 24.6 Å². The third kappa shape index (κ3) is 2.90. The number of rotatable bonds is 4. The van der Waals surface area contributed by atoms with E-state index in [9.17, 15) is 4.79 Å². The summed E-state index contributed by atoms with van der Waals surface area (Å²) in [5.74, 6) is 0.00906. The van der Waals surface area contributed by atoms with E-state index in [2.05, 4.69) is 20.1 Å². The van der Waals surface area contributed by atoms with Crippen molar-refractivity contribution in [3.8, 4) is 22.8 Å². The van der Waals surface area contributed by atoms with Gasteiger partial charge in [0, 0.05) is 24.0 Å². The Bertz CT molecular complexity index is 1060. The average molecular weight is 345 g/mol. The molecule has 7 heteroatoms. The number of esters is 1. The number of hydrogen-bond acceptors (Lipinski definition) is 6. The Morgan fingerprint density at radius 2 is 1.85 bits per heavy atom. The maximum absolute atomic E-state index is 12.1. The first-order chi connectivity index (χ1) is 12.8. The van der Waals surface area contributed by atoms with Crippen molar-refractivity contribution in [1.29, 1.82) is 0 Å². The summed E-state index contributed by atoms with van der Waals surface area (Å²) in [7, 11) is 0. The molecule has 3 heterocycles. The van der Waals surface area contributed by atoms with Crippen LogP contribution in [-0.2, 0) is 4.74 Å². The molecule has 0 spiro atoms. The zero-order valence-electron chi connectivity index (χ0n) is 14.0. The molecule has 0 atom stereocenters. The minimum Gasteiger partial charge on any atom is -0.461 e. The van der Waals surface area contributed by atoms with E-state index in [-0.39, 0.29) is 12.3 Å². The summed E-state index contributed by atoms with van der Waals surface area (Å²) in [5, 5.41) is 4.34. The van der Waals surface area contributed by atoms with E-state index in [0.29, 0.717) is 17.2 Å². The molecule has 0 radical (unpaired) electrons. The van der Waals surface area contributed by atoms with Gasteiger partial charge in [-0.2, -0.15) is 5.10 Å². The number of benzene rings is 1. The van der Waals surface area contributed by atoms with Crippen LogP contribution in [0, 0.1) is 0 Å². The van der Waals surface area contributed by atoms with E-state index in [1.807, 2.05) is 36.4 Å². The number of aromatic nitrogens is 5. The summed E-state index contributed by atoms with van der Waals surface area (Å²) < 4.78 is 6.61. The van der Waals surface area contributed by atoms with Gasteiger partial charge in [-0.1, -0.05) is 30.3 Å². The van der Waals surface area contributed by atoms with Crippen LogP contribution in [-0.4, -0.2) is 37.1 Å². The second-order valence-electron chi connectivity index (χ2n) is 5.49. The van der Waals surface area contributed by atoms with E-state index in [1.165, 1.54) is 0 Å². The highest BCUT2D eigenvalue weighted by molar-refractivity contribution is 5.89. The van der Waals surface area contributed by atoms with Crippen molar-refractivity contribution in [2.24, 2.45) is 0 Å².